The maximum absolute atomic E-state index is 14.8. The van der Waals surface area contributed by atoms with E-state index in [1.807, 2.05) is 6.92 Å². The normalized spacial score (nSPS) is 11.0. The molecule has 7 heteroatoms. The summed E-state index contributed by atoms with van der Waals surface area (Å²) in [6.07, 6.45) is 3.35. The maximum atomic E-state index is 14.8. The Labute approximate surface area is 136 Å². The van der Waals surface area contributed by atoms with Crippen molar-refractivity contribution in [2.24, 2.45) is 0 Å². The summed E-state index contributed by atoms with van der Waals surface area (Å²) in [4.78, 5) is 15.5. The van der Waals surface area contributed by atoms with Gasteiger partial charge in [0.05, 0.1) is 11.4 Å². The minimum atomic E-state index is -1.32. The van der Waals surface area contributed by atoms with Crippen molar-refractivity contribution in [2.45, 2.75) is 20.3 Å². The van der Waals surface area contributed by atoms with Crippen LogP contribution in [0.5, 0.6) is 0 Å². The molecule has 0 radical (unpaired) electrons. The van der Waals surface area contributed by atoms with Gasteiger partial charge in [0.15, 0.2) is 11.5 Å². The predicted molar refractivity (Wildman–Crippen MR) is 85.9 cm³/mol. The molecule has 0 unspecified atom stereocenters. The fourth-order valence-corrected chi connectivity index (χ4v) is 2.53. The van der Waals surface area contributed by atoms with Crippen molar-refractivity contribution < 1.29 is 18.7 Å². The van der Waals surface area contributed by atoms with Crippen molar-refractivity contribution in [2.75, 3.05) is 5.32 Å². The highest BCUT2D eigenvalue weighted by molar-refractivity contribution is 5.96. The molecule has 0 bridgehead atoms. The third-order valence-corrected chi connectivity index (χ3v) is 3.79. The molecule has 2 aromatic heterocycles. The number of hydrogen-bond donors (Lipinski definition) is 2. The van der Waals surface area contributed by atoms with Gasteiger partial charge in [-0.25, -0.2) is 18.6 Å². The number of aryl methyl sites for hydroxylation is 2. The number of fused-ring (bicyclic) bond motifs is 1. The number of benzene rings is 1. The van der Waals surface area contributed by atoms with E-state index in [4.69, 9.17) is 0 Å². The van der Waals surface area contributed by atoms with Crippen LogP contribution in [0.3, 0.4) is 0 Å². The lowest BCUT2D eigenvalue weighted by Crippen LogP contribution is -2.09. The molecule has 0 aliphatic heterocycles. The van der Waals surface area contributed by atoms with Gasteiger partial charge < -0.3 is 14.8 Å². The van der Waals surface area contributed by atoms with Gasteiger partial charge in [-0.3, -0.25) is 0 Å². The Balaban J connectivity index is 2.20. The minimum absolute atomic E-state index is 0.00591. The van der Waals surface area contributed by atoms with Gasteiger partial charge in [-0.1, -0.05) is 13.0 Å². The largest absolute Gasteiger partial charge is 0.478 e. The summed E-state index contributed by atoms with van der Waals surface area (Å²) >= 11 is 0. The Hall–Kier alpha value is -2.96. The fourth-order valence-electron chi connectivity index (χ4n) is 2.53. The minimum Gasteiger partial charge on any atom is -0.478 e. The van der Waals surface area contributed by atoms with Gasteiger partial charge in [-0.05, 0) is 31.0 Å². The lowest BCUT2D eigenvalue weighted by atomic mass is 10.1. The monoisotopic (exact) mass is 331 g/mol. The number of imidazole rings is 1. The van der Waals surface area contributed by atoms with Gasteiger partial charge in [0.2, 0.25) is 0 Å². The number of carbonyl (C=O) groups is 1. The van der Waals surface area contributed by atoms with E-state index in [2.05, 4.69) is 10.3 Å². The Kier molecular flexibility index (Phi) is 3.92. The highest BCUT2D eigenvalue weighted by atomic mass is 19.1. The first-order chi connectivity index (χ1) is 11.4. The first-order valence-electron chi connectivity index (χ1n) is 7.37. The van der Waals surface area contributed by atoms with Crippen molar-refractivity contribution >= 4 is 23.0 Å². The second kappa shape index (κ2) is 5.92. The van der Waals surface area contributed by atoms with Crippen molar-refractivity contribution in [3.63, 3.8) is 0 Å². The van der Waals surface area contributed by atoms with Crippen molar-refractivity contribution in [1.29, 1.82) is 0 Å². The highest BCUT2D eigenvalue weighted by Crippen LogP contribution is 2.29. The average molecular weight is 331 g/mol. The first-order valence-corrected chi connectivity index (χ1v) is 7.37. The molecule has 0 saturated heterocycles. The number of nitrogens with zero attached hydrogens (tertiary/aromatic N) is 2. The molecule has 1 aromatic carbocycles. The lowest BCUT2D eigenvalue weighted by molar-refractivity contribution is 0.0697. The molecule has 0 amide bonds. The van der Waals surface area contributed by atoms with Crippen LogP contribution in [0.2, 0.25) is 0 Å². The van der Waals surface area contributed by atoms with Crippen LogP contribution in [0, 0.1) is 18.6 Å². The van der Waals surface area contributed by atoms with Crippen molar-refractivity contribution in [1.82, 2.24) is 9.38 Å². The molecular weight excluding hydrogens is 316 g/mol. The van der Waals surface area contributed by atoms with Crippen LogP contribution in [-0.4, -0.2) is 20.5 Å². The number of pyridine rings is 1. The molecule has 0 spiro atoms. The van der Waals surface area contributed by atoms with Crippen molar-refractivity contribution in [3.8, 4) is 0 Å². The van der Waals surface area contributed by atoms with Crippen LogP contribution in [0.4, 0.5) is 20.2 Å². The van der Waals surface area contributed by atoms with Crippen LogP contribution >= 0.6 is 0 Å². The second-order valence-electron chi connectivity index (χ2n) is 5.44. The number of nitrogens with one attached hydrogen (secondary N) is 1. The zero-order valence-corrected chi connectivity index (χ0v) is 13.1. The van der Waals surface area contributed by atoms with Crippen LogP contribution < -0.4 is 5.32 Å². The van der Waals surface area contributed by atoms with Crippen LogP contribution in [0.1, 0.15) is 28.5 Å². The smallest absolute Gasteiger partial charge is 0.339 e. The van der Waals surface area contributed by atoms with Crippen LogP contribution in [-0.2, 0) is 6.42 Å². The zero-order chi connectivity index (χ0) is 17.4. The molecule has 24 heavy (non-hydrogen) atoms. The summed E-state index contributed by atoms with van der Waals surface area (Å²) < 4.78 is 30.2. The number of anilines is 2. The molecule has 3 rings (SSSR count). The summed E-state index contributed by atoms with van der Waals surface area (Å²) in [5, 5.41) is 12.0. The quantitative estimate of drug-likeness (QED) is 0.760. The standard InChI is InChI=1S/C17H15F2N3O2/c1-3-10-7-20-16-14(19)15(11(17(23)24)8-22(10)16)21-13-5-4-9(2)6-12(13)18/h4-8,21H,3H2,1-2H3,(H,23,24). The average Bonchev–Trinajstić information content (AvgIpc) is 2.95. The van der Waals surface area contributed by atoms with E-state index in [1.165, 1.54) is 28.9 Å². The van der Waals surface area contributed by atoms with Gasteiger partial charge in [0.1, 0.15) is 11.4 Å². The molecule has 0 atom stereocenters. The van der Waals surface area contributed by atoms with Gasteiger partial charge in [0.25, 0.3) is 0 Å². The molecule has 5 nitrogen and oxygen atoms in total. The van der Waals surface area contributed by atoms with E-state index >= 15 is 0 Å². The van der Waals surface area contributed by atoms with E-state index in [-0.39, 0.29) is 22.6 Å². The molecule has 124 valence electrons. The van der Waals surface area contributed by atoms with Gasteiger partial charge in [0, 0.05) is 18.1 Å². The summed E-state index contributed by atoms with van der Waals surface area (Å²) in [5.74, 6) is -2.75. The Morgan fingerprint density at radius 2 is 2.12 bits per heavy atom. The number of aromatic nitrogens is 2. The van der Waals surface area contributed by atoms with E-state index in [0.29, 0.717) is 17.7 Å². The molecular formula is C17H15F2N3O2. The second-order valence-corrected chi connectivity index (χ2v) is 5.44. The molecule has 2 N–H and O–H groups in total. The third-order valence-electron chi connectivity index (χ3n) is 3.79. The first kappa shape index (κ1) is 15.9. The summed E-state index contributed by atoms with van der Waals surface area (Å²) in [6.45, 7) is 3.58. The number of carboxylic acids is 1. The lowest BCUT2D eigenvalue weighted by Gasteiger charge is -2.13. The van der Waals surface area contributed by atoms with Crippen LogP contribution in [0.25, 0.3) is 5.65 Å². The number of hydrogen-bond acceptors (Lipinski definition) is 3. The van der Waals surface area contributed by atoms with Gasteiger partial charge in [-0.15, -0.1) is 0 Å². The van der Waals surface area contributed by atoms with Crippen LogP contribution in [0.15, 0.2) is 30.6 Å². The molecule has 2 heterocycles. The summed E-state index contributed by atoms with van der Waals surface area (Å²) in [5.41, 5.74) is 0.756. The third kappa shape index (κ3) is 2.58. The number of carboxylic acid groups (broad SMARTS) is 1. The molecule has 3 aromatic rings. The highest BCUT2D eigenvalue weighted by Gasteiger charge is 2.21. The number of halogens is 2. The van der Waals surface area contributed by atoms with E-state index in [9.17, 15) is 18.7 Å². The number of aromatic carboxylic acids is 1. The van der Waals surface area contributed by atoms with Gasteiger partial charge >= 0.3 is 5.97 Å². The fraction of sp³-hybridized carbons (Fsp3) is 0.176. The van der Waals surface area contributed by atoms with Crippen molar-refractivity contribution in [3.05, 3.63) is 59.0 Å². The Morgan fingerprint density at radius 3 is 2.75 bits per heavy atom. The van der Waals surface area contributed by atoms with E-state index < -0.39 is 17.6 Å². The predicted octanol–water partition coefficient (Wildman–Crippen LogP) is 3.93. The SMILES string of the molecule is CCc1cnc2c(F)c(Nc3ccc(C)cc3F)c(C(=O)O)cn12. The zero-order valence-electron chi connectivity index (χ0n) is 13.1. The maximum Gasteiger partial charge on any atom is 0.339 e. The Bertz CT molecular complexity index is 951. The molecule has 0 aliphatic rings. The molecule has 0 fully saturated rings. The molecule has 0 saturated carbocycles. The summed E-state index contributed by atoms with van der Waals surface area (Å²) in [6, 6.07) is 4.36. The Morgan fingerprint density at radius 1 is 1.38 bits per heavy atom. The summed E-state index contributed by atoms with van der Waals surface area (Å²) in [7, 11) is 0. The number of rotatable bonds is 4. The topological polar surface area (TPSA) is 66.6 Å². The molecule has 0 aliphatic carbocycles. The van der Waals surface area contributed by atoms with E-state index in [1.54, 1.807) is 13.0 Å². The van der Waals surface area contributed by atoms with Gasteiger partial charge in [-0.2, -0.15) is 0 Å². The van der Waals surface area contributed by atoms with E-state index in [0.717, 1.165) is 0 Å².